The van der Waals surface area contributed by atoms with E-state index in [2.05, 4.69) is 27.9 Å². The Bertz CT molecular complexity index is 510. The molecule has 128 valence electrons. The third-order valence-corrected chi connectivity index (χ3v) is 4.70. The van der Waals surface area contributed by atoms with Crippen LogP contribution in [0.15, 0.2) is 22.5 Å². The Morgan fingerprint density at radius 1 is 1.39 bits per heavy atom. The first-order valence-electron chi connectivity index (χ1n) is 8.03. The van der Waals surface area contributed by atoms with Crippen LogP contribution in [0.5, 0.6) is 0 Å². The number of hydrogen-bond donors (Lipinski definition) is 3. The maximum absolute atomic E-state index is 11.8. The Kier molecular flexibility index (Phi) is 6.85. The summed E-state index contributed by atoms with van der Waals surface area (Å²) >= 11 is 1.45. The Morgan fingerprint density at radius 2 is 2.22 bits per heavy atom. The second-order valence-corrected chi connectivity index (χ2v) is 6.79. The van der Waals surface area contributed by atoms with Crippen LogP contribution in [0.2, 0.25) is 0 Å². The average molecular weight is 338 g/mol. The van der Waals surface area contributed by atoms with Gasteiger partial charge in [-0.1, -0.05) is 6.07 Å². The first-order valence-corrected chi connectivity index (χ1v) is 8.91. The molecule has 3 N–H and O–H groups in total. The molecule has 1 fully saturated rings. The molecule has 23 heavy (non-hydrogen) atoms. The summed E-state index contributed by atoms with van der Waals surface area (Å²) in [6.07, 6.45) is 3.03. The molecule has 1 amide bonds. The van der Waals surface area contributed by atoms with Gasteiger partial charge in [0.25, 0.3) is 5.91 Å². The smallest absolute Gasteiger partial charge is 0.261 e. The zero-order valence-corrected chi connectivity index (χ0v) is 14.7. The largest absolute Gasteiger partial charge is 0.373 e. The lowest BCUT2D eigenvalue weighted by Gasteiger charge is -2.24. The molecule has 7 heteroatoms. The number of nitrogens with zero attached hydrogens (tertiary/aromatic N) is 1. The average Bonchev–Trinajstić information content (AvgIpc) is 3.22. The summed E-state index contributed by atoms with van der Waals surface area (Å²) < 4.78 is 5.75. The van der Waals surface area contributed by atoms with Crippen molar-refractivity contribution in [2.75, 3.05) is 33.3 Å². The summed E-state index contributed by atoms with van der Waals surface area (Å²) in [5.41, 5.74) is -0.0910. The lowest BCUT2D eigenvalue weighted by Crippen LogP contribution is -2.46. The van der Waals surface area contributed by atoms with Gasteiger partial charge in [-0.25, -0.2) is 0 Å². The quantitative estimate of drug-likeness (QED) is 0.401. The van der Waals surface area contributed by atoms with Crippen molar-refractivity contribution in [2.24, 2.45) is 4.99 Å². The number of carbonyl (C=O) groups is 1. The number of amides is 1. The van der Waals surface area contributed by atoms with Gasteiger partial charge in [-0.15, -0.1) is 11.3 Å². The molecular weight excluding hydrogens is 312 g/mol. The molecule has 1 saturated heterocycles. The summed E-state index contributed by atoms with van der Waals surface area (Å²) in [5.74, 6) is 0.764. The highest BCUT2D eigenvalue weighted by Gasteiger charge is 2.29. The zero-order chi connectivity index (χ0) is 16.5. The first-order chi connectivity index (χ1) is 11.1. The van der Waals surface area contributed by atoms with E-state index >= 15 is 0 Å². The lowest BCUT2D eigenvalue weighted by molar-refractivity contribution is 0.0243. The van der Waals surface area contributed by atoms with E-state index in [-0.39, 0.29) is 11.5 Å². The Labute approximate surface area is 141 Å². The van der Waals surface area contributed by atoms with Crippen molar-refractivity contribution in [3.63, 3.8) is 0 Å². The summed E-state index contributed by atoms with van der Waals surface area (Å²) in [7, 11) is 1.76. The molecule has 2 heterocycles. The number of thiophene rings is 1. The fourth-order valence-electron chi connectivity index (χ4n) is 2.46. The van der Waals surface area contributed by atoms with Crippen molar-refractivity contribution in [3.8, 4) is 0 Å². The number of ether oxygens (including phenoxy) is 1. The highest BCUT2D eigenvalue weighted by atomic mass is 32.1. The molecule has 6 nitrogen and oxygen atoms in total. The first kappa shape index (κ1) is 17.7. The molecule has 1 aromatic rings. The van der Waals surface area contributed by atoms with Gasteiger partial charge in [-0.3, -0.25) is 9.79 Å². The minimum atomic E-state index is -0.0910. The van der Waals surface area contributed by atoms with Gasteiger partial charge in [-0.05, 0) is 37.6 Å². The normalized spacial score (nSPS) is 21.2. The number of guanidine groups is 1. The van der Waals surface area contributed by atoms with E-state index in [4.69, 9.17) is 4.74 Å². The highest BCUT2D eigenvalue weighted by Crippen LogP contribution is 2.23. The topological polar surface area (TPSA) is 74.8 Å². The molecule has 1 aliphatic rings. The van der Waals surface area contributed by atoms with Crippen LogP contribution >= 0.6 is 11.3 Å². The van der Waals surface area contributed by atoms with Gasteiger partial charge in [0.1, 0.15) is 0 Å². The molecule has 1 aliphatic heterocycles. The van der Waals surface area contributed by atoms with Crippen LogP contribution in [0, 0.1) is 0 Å². The maximum atomic E-state index is 11.8. The monoisotopic (exact) mass is 338 g/mol. The summed E-state index contributed by atoms with van der Waals surface area (Å²) in [6, 6.07) is 3.71. The van der Waals surface area contributed by atoms with Crippen LogP contribution in [-0.2, 0) is 4.74 Å². The van der Waals surface area contributed by atoms with Crippen molar-refractivity contribution >= 4 is 23.2 Å². The number of carbonyl (C=O) groups excluding carboxylic acids is 1. The van der Waals surface area contributed by atoms with Gasteiger partial charge in [0.05, 0.1) is 10.5 Å². The van der Waals surface area contributed by atoms with E-state index in [9.17, 15) is 4.79 Å². The van der Waals surface area contributed by atoms with Gasteiger partial charge in [0, 0.05) is 33.3 Å². The van der Waals surface area contributed by atoms with Crippen molar-refractivity contribution in [1.29, 1.82) is 0 Å². The Hall–Kier alpha value is -1.60. The summed E-state index contributed by atoms with van der Waals surface area (Å²) in [5, 5.41) is 11.4. The van der Waals surface area contributed by atoms with Crippen LogP contribution in [0.1, 0.15) is 35.9 Å². The van der Waals surface area contributed by atoms with Gasteiger partial charge in [0.15, 0.2) is 5.96 Å². The van der Waals surface area contributed by atoms with Crippen LogP contribution < -0.4 is 16.0 Å². The summed E-state index contributed by atoms with van der Waals surface area (Å²) in [4.78, 5) is 16.7. The zero-order valence-electron chi connectivity index (χ0n) is 13.9. The van der Waals surface area contributed by atoms with E-state index in [1.54, 1.807) is 7.05 Å². The van der Waals surface area contributed by atoms with E-state index < -0.39 is 0 Å². The van der Waals surface area contributed by atoms with Crippen molar-refractivity contribution < 1.29 is 9.53 Å². The third-order valence-electron chi connectivity index (χ3n) is 3.83. The van der Waals surface area contributed by atoms with E-state index in [1.807, 2.05) is 17.5 Å². The predicted molar refractivity (Wildman–Crippen MR) is 94.2 cm³/mol. The van der Waals surface area contributed by atoms with Crippen molar-refractivity contribution in [3.05, 3.63) is 22.4 Å². The second kappa shape index (κ2) is 8.88. The van der Waals surface area contributed by atoms with Gasteiger partial charge in [-0.2, -0.15) is 0 Å². The van der Waals surface area contributed by atoms with Gasteiger partial charge in [0.2, 0.25) is 0 Å². The van der Waals surface area contributed by atoms with Crippen molar-refractivity contribution in [2.45, 2.75) is 31.8 Å². The number of aliphatic imine (C=N–C) groups is 1. The van der Waals surface area contributed by atoms with Crippen LogP contribution in [0.25, 0.3) is 0 Å². The minimum Gasteiger partial charge on any atom is -0.373 e. The Balaban J connectivity index is 1.58. The predicted octanol–water partition coefficient (Wildman–Crippen LogP) is 1.60. The maximum Gasteiger partial charge on any atom is 0.261 e. The molecule has 0 aromatic carbocycles. The van der Waals surface area contributed by atoms with Gasteiger partial charge >= 0.3 is 0 Å². The number of hydrogen-bond acceptors (Lipinski definition) is 4. The second-order valence-electron chi connectivity index (χ2n) is 5.84. The number of rotatable bonds is 7. The molecule has 1 unspecified atom stereocenters. The molecule has 2 rings (SSSR count). The van der Waals surface area contributed by atoms with E-state index in [1.165, 1.54) is 11.3 Å². The lowest BCUT2D eigenvalue weighted by atomic mass is 10.0. The fraction of sp³-hybridized carbons (Fsp3) is 0.625. The van der Waals surface area contributed by atoms with E-state index in [0.717, 1.165) is 49.8 Å². The van der Waals surface area contributed by atoms with Crippen molar-refractivity contribution in [1.82, 2.24) is 16.0 Å². The van der Waals surface area contributed by atoms with E-state index in [0.29, 0.717) is 6.54 Å². The molecule has 1 atom stereocenters. The van der Waals surface area contributed by atoms with Crippen LogP contribution in [0.4, 0.5) is 0 Å². The molecule has 1 aromatic heterocycles. The molecular formula is C16H26N4O2S. The standard InChI is InChI=1S/C16H26N4O2S/c1-16(7-4-10-22-16)12-20-15(17-2)19-9-5-8-18-14(21)13-6-3-11-23-13/h3,6,11H,4-5,7-10,12H2,1-2H3,(H,18,21)(H2,17,19,20). The van der Waals surface area contributed by atoms with Gasteiger partial charge < -0.3 is 20.7 Å². The highest BCUT2D eigenvalue weighted by molar-refractivity contribution is 7.12. The Morgan fingerprint density at radius 3 is 2.87 bits per heavy atom. The molecule has 0 bridgehead atoms. The number of nitrogens with one attached hydrogen (secondary N) is 3. The molecule has 0 saturated carbocycles. The molecule has 0 aliphatic carbocycles. The minimum absolute atomic E-state index is 0.00573. The molecule has 0 spiro atoms. The SMILES string of the molecule is CN=C(NCCCNC(=O)c1cccs1)NCC1(C)CCCO1. The third kappa shape index (κ3) is 5.84. The molecule has 0 radical (unpaired) electrons. The summed E-state index contributed by atoms with van der Waals surface area (Å²) in [6.45, 7) is 5.11. The fourth-order valence-corrected chi connectivity index (χ4v) is 3.10. The van der Waals surface area contributed by atoms with Crippen LogP contribution in [-0.4, -0.2) is 50.8 Å². The van der Waals surface area contributed by atoms with Crippen LogP contribution in [0.3, 0.4) is 0 Å².